The average Bonchev–Trinajstić information content (AvgIpc) is 2.75. The van der Waals surface area contributed by atoms with Gasteiger partial charge in [-0.15, -0.1) is 0 Å². The summed E-state index contributed by atoms with van der Waals surface area (Å²) >= 11 is 0. The van der Waals surface area contributed by atoms with Gasteiger partial charge in [0.15, 0.2) is 0 Å². The highest BCUT2D eigenvalue weighted by atomic mass is 16.6. The first-order valence-electron chi connectivity index (χ1n) is 9.12. The summed E-state index contributed by atoms with van der Waals surface area (Å²) in [6.07, 6.45) is 0. The molecule has 162 valence electrons. The number of ether oxygens (including phenoxy) is 5. The van der Waals surface area contributed by atoms with Crippen LogP contribution in [0.25, 0.3) is 0 Å². The Kier molecular flexibility index (Phi) is 7.85. The standard InChI is InChI=1S/C21H25NO8/c1-12-16(19(23)27-4)18(17(13(2)22-12)20(24)28-5)21(25)30-11-10-29-15-8-6-14(26-3)7-9-15/h6-9,18,22H,10-11H2,1-5H3. The Balaban J connectivity index is 2.12. The van der Waals surface area contributed by atoms with E-state index in [1.54, 1.807) is 45.2 Å². The summed E-state index contributed by atoms with van der Waals surface area (Å²) in [7, 11) is 3.95. The van der Waals surface area contributed by atoms with Crippen LogP contribution in [-0.4, -0.2) is 52.5 Å². The predicted octanol–water partition coefficient (Wildman–Crippen LogP) is 1.73. The fourth-order valence-corrected chi connectivity index (χ4v) is 3.05. The van der Waals surface area contributed by atoms with E-state index in [9.17, 15) is 14.4 Å². The van der Waals surface area contributed by atoms with Gasteiger partial charge >= 0.3 is 17.9 Å². The molecule has 0 saturated heterocycles. The fourth-order valence-electron chi connectivity index (χ4n) is 3.05. The van der Waals surface area contributed by atoms with Crippen LogP contribution in [0.3, 0.4) is 0 Å². The summed E-state index contributed by atoms with van der Waals surface area (Å²) in [5, 5.41) is 2.91. The largest absolute Gasteiger partial charge is 0.497 e. The molecule has 0 fully saturated rings. The molecule has 0 amide bonds. The van der Waals surface area contributed by atoms with Gasteiger partial charge in [-0.3, -0.25) is 4.79 Å². The molecule has 1 N–H and O–H groups in total. The van der Waals surface area contributed by atoms with E-state index >= 15 is 0 Å². The highest BCUT2D eigenvalue weighted by Crippen LogP contribution is 2.32. The summed E-state index contributed by atoms with van der Waals surface area (Å²) in [5.74, 6) is -2.28. The normalized spacial score (nSPS) is 14.0. The van der Waals surface area contributed by atoms with Crippen LogP contribution in [-0.2, 0) is 28.6 Å². The van der Waals surface area contributed by atoms with Crippen molar-refractivity contribution < 1.29 is 38.1 Å². The second kappa shape index (κ2) is 10.3. The van der Waals surface area contributed by atoms with Gasteiger partial charge in [-0.1, -0.05) is 0 Å². The minimum atomic E-state index is -1.27. The number of hydrogen-bond donors (Lipinski definition) is 1. The molecule has 0 radical (unpaired) electrons. The molecule has 30 heavy (non-hydrogen) atoms. The van der Waals surface area contributed by atoms with Crippen LogP contribution >= 0.6 is 0 Å². The number of carbonyl (C=O) groups is 3. The van der Waals surface area contributed by atoms with Gasteiger partial charge in [-0.05, 0) is 38.1 Å². The quantitative estimate of drug-likeness (QED) is 0.383. The Labute approximate surface area is 174 Å². The van der Waals surface area contributed by atoms with Crippen LogP contribution < -0.4 is 14.8 Å². The van der Waals surface area contributed by atoms with Crippen molar-refractivity contribution in [2.45, 2.75) is 13.8 Å². The third-order valence-corrected chi connectivity index (χ3v) is 4.46. The third kappa shape index (κ3) is 5.11. The number of rotatable bonds is 8. The summed E-state index contributed by atoms with van der Waals surface area (Å²) in [6.45, 7) is 3.21. The predicted molar refractivity (Wildman–Crippen MR) is 106 cm³/mol. The Morgan fingerprint density at radius 1 is 0.833 bits per heavy atom. The number of carbonyl (C=O) groups excluding carboxylic acids is 3. The zero-order valence-electron chi connectivity index (χ0n) is 17.6. The van der Waals surface area contributed by atoms with Crippen LogP contribution in [0.5, 0.6) is 11.5 Å². The maximum atomic E-state index is 12.8. The van der Waals surface area contributed by atoms with Gasteiger partial charge < -0.3 is 29.0 Å². The molecule has 9 heteroatoms. The van der Waals surface area contributed by atoms with Crippen molar-refractivity contribution in [1.82, 2.24) is 5.32 Å². The Morgan fingerprint density at radius 2 is 1.33 bits per heavy atom. The molecule has 1 aromatic carbocycles. The first-order chi connectivity index (χ1) is 14.3. The molecule has 1 aliphatic rings. The number of hydrogen-bond acceptors (Lipinski definition) is 9. The van der Waals surface area contributed by atoms with Gasteiger partial charge in [0.2, 0.25) is 0 Å². The molecule has 1 aromatic rings. The van der Waals surface area contributed by atoms with Crippen LogP contribution in [0.2, 0.25) is 0 Å². The van der Waals surface area contributed by atoms with E-state index in [0.29, 0.717) is 22.9 Å². The van der Waals surface area contributed by atoms with E-state index in [2.05, 4.69) is 5.32 Å². The topological polar surface area (TPSA) is 109 Å². The van der Waals surface area contributed by atoms with Gasteiger partial charge in [-0.2, -0.15) is 0 Å². The molecule has 0 aliphatic carbocycles. The Bertz CT molecular complexity index is 831. The molecule has 0 unspecified atom stereocenters. The molecule has 1 heterocycles. The second-order valence-corrected chi connectivity index (χ2v) is 6.31. The molecule has 1 aliphatic heterocycles. The van der Waals surface area contributed by atoms with Crippen molar-refractivity contribution >= 4 is 17.9 Å². The zero-order valence-corrected chi connectivity index (χ0v) is 17.6. The SMILES string of the molecule is COC(=O)C1=C(C)NC(C)=C(C(=O)OC)C1C(=O)OCCOc1ccc(OC)cc1. The minimum absolute atomic E-state index is 0.00965. The lowest BCUT2D eigenvalue weighted by Gasteiger charge is -2.28. The molecule has 9 nitrogen and oxygen atoms in total. The number of methoxy groups -OCH3 is 3. The van der Waals surface area contributed by atoms with Crippen LogP contribution in [0.4, 0.5) is 0 Å². The van der Waals surface area contributed by atoms with E-state index in [1.807, 2.05) is 0 Å². The van der Waals surface area contributed by atoms with Gasteiger partial charge in [0.05, 0.1) is 32.5 Å². The monoisotopic (exact) mass is 419 g/mol. The molecule has 0 bridgehead atoms. The number of benzene rings is 1. The van der Waals surface area contributed by atoms with E-state index < -0.39 is 23.8 Å². The van der Waals surface area contributed by atoms with Crippen LogP contribution in [0.15, 0.2) is 46.8 Å². The number of nitrogens with one attached hydrogen (secondary N) is 1. The van der Waals surface area contributed by atoms with Crippen molar-refractivity contribution in [2.24, 2.45) is 5.92 Å². The fraction of sp³-hybridized carbons (Fsp3) is 0.381. The summed E-state index contributed by atoms with van der Waals surface area (Å²) < 4.78 is 25.5. The maximum absolute atomic E-state index is 12.8. The second-order valence-electron chi connectivity index (χ2n) is 6.31. The van der Waals surface area contributed by atoms with E-state index in [1.165, 1.54) is 14.2 Å². The first-order valence-corrected chi connectivity index (χ1v) is 9.12. The first kappa shape index (κ1) is 22.8. The van der Waals surface area contributed by atoms with E-state index in [0.717, 1.165) is 0 Å². The average molecular weight is 419 g/mol. The van der Waals surface area contributed by atoms with Crippen molar-refractivity contribution in [2.75, 3.05) is 34.5 Å². The van der Waals surface area contributed by atoms with E-state index in [4.69, 9.17) is 23.7 Å². The smallest absolute Gasteiger partial charge is 0.336 e. The lowest BCUT2D eigenvalue weighted by Crippen LogP contribution is -2.38. The molecule has 0 atom stereocenters. The van der Waals surface area contributed by atoms with Gasteiger partial charge in [0.1, 0.15) is 30.6 Å². The van der Waals surface area contributed by atoms with Gasteiger partial charge in [0, 0.05) is 11.4 Å². The molecule has 2 rings (SSSR count). The lowest BCUT2D eigenvalue weighted by molar-refractivity contribution is -0.151. The third-order valence-electron chi connectivity index (χ3n) is 4.46. The minimum Gasteiger partial charge on any atom is -0.497 e. The summed E-state index contributed by atoms with van der Waals surface area (Å²) in [5.41, 5.74) is 0.765. The lowest BCUT2D eigenvalue weighted by atomic mass is 9.85. The van der Waals surface area contributed by atoms with Crippen molar-refractivity contribution in [3.05, 3.63) is 46.8 Å². The Morgan fingerprint density at radius 3 is 1.80 bits per heavy atom. The van der Waals surface area contributed by atoms with Crippen molar-refractivity contribution in [3.8, 4) is 11.5 Å². The Hall–Kier alpha value is -3.49. The molecular weight excluding hydrogens is 394 g/mol. The summed E-state index contributed by atoms with van der Waals surface area (Å²) in [4.78, 5) is 37.4. The number of dihydropyridines is 1. The van der Waals surface area contributed by atoms with Crippen molar-refractivity contribution in [1.29, 1.82) is 0 Å². The van der Waals surface area contributed by atoms with Crippen LogP contribution in [0, 0.1) is 5.92 Å². The maximum Gasteiger partial charge on any atom is 0.336 e. The van der Waals surface area contributed by atoms with Gasteiger partial charge in [-0.25, -0.2) is 9.59 Å². The molecule has 0 spiro atoms. The van der Waals surface area contributed by atoms with E-state index in [-0.39, 0.29) is 24.4 Å². The molecule has 0 aromatic heterocycles. The molecular formula is C21H25NO8. The van der Waals surface area contributed by atoms with Crippen LogP contribution in [0.1, 0.15) is 13.8 Å². The highest BCUT2D eigenvalue weighted by Gasteiger charge is 2.42. The van der Waals surface area contributed by atoms with Gasteiger partial charge in [0.25, 0.3) is 0 Å². The highest BCUT2D eigenvalue weighted by molar-refractivity contribution is 6.05. The summed E-state index contributed by atoms with van der Waals surface area (Å²) in [6, 6.07) is 6.92. The molecule has 0 saturated carbocycles. The van der Waals surface area contributed by atoms with Crippen molar-refractivity contribution in [3.63, 3.8) is 0 Å². The number of esters is 3. The number of allylic oxidation sites excluding steroid dienone is 2. The zero-order chi connectivity index (χ0) is 22.3.